The predicted molar refractivity (Wildman–Crippen MR) is 51.6 cm³/mol. The molecule has 0 radical (unpaired) electrons. The van der Waals surface area contributed by atoms with Crippen molar-refractivity contribution < 1.29 is 14.2 Å². The Morgan fingerprint density at radius 3 is 3.08 bits per heavy atom. The van der Waals surface area contributed by atoms with Gasteiger partial charge in [0.1, 0.15) is 11.7 Å². The van der Waals surface area contributed by atoms with E-state index in [1.807, 2.05) is 24.5 Å². The molecule has 0 aliphatic carbocycles. The van der Waals surface area contributed by atoms with Crippen molar-refractivity contribution in [2.45, 2.75) is 0 Å². The molecule has 0 bridgehead atoms. The number of thioether (sulfide) groups is 1. The maximum atomic E-state index is 5.41. The van der Waals surface area contributed by atoms with Crippen molar-refractivity contribution in [1.29, 1.82) is 0 Å². The van der Waals surface area contributed by atoms with Crippen LogP contribution in [-0.2, 0) is 0 Å². The van der Waals surface area contributed by atoms with E-state index in [1.165, 1.54) is 0 Å². The lowest BCUT2D eigenvalue weighted by atomic mass is 10.3. The lowest BCUT2D eigenvalue weighted by Crippen LogP contribution is -1.93. The SMILES string of the molecule is CSCOc1ccc2c(c1)OCO2. The van der Waals surface area contributed by atoms with Crippen LogP contribution in [0.3, 0.4) is 0 Å². The zero-order valence-electron chi connectivity index (χ0n) is 7.28. The summed E-state index contributed by atoms with van der Waals surface area (Å²) in [6, 6.07) is 5.58. The van der Waals surface area contributed by atoms with E-state index in [0.717, 1.165) is 17.2 Å². The highest BCUT2D eigenvalue weighted by atomic mass is 32.2. The quantitative estimate of drug-likeness (QED) is 0.695. The highest BCUT2D eigenvalue weighted by Crippen LogP contribution is 2.35. The zero-order chi connectivity index (χ0) is 9.10. The van der Waals surface area contributed by atoms with E-state index in [-0.39, 0.29) is 0 Å². The molecule has 0 saturated heterocycles. The second-order valence-corrected chi connectivity index (χ2v) is 3.38. The molecule has 0 fully saturated rings. The smallest absolute Gasteiger partial charge is 0.231 e. The first-order valence-electron chi connectivity index (χ1n) is 3.91. The summed E-state index contributed by atoms with van der Waals surface area (Å²) >= 11 is 1.64. The van der Waals surface area contributed by atoms with Gasteiger partial charge in [0.25, 0.3) is 0 Å². The monoisotopic (exact) mass is 198 g/mol. The Labute approximate surface area is 81.0 Å². The van der Waals surface area contributed by atoms with E-state index < -0.39 is 0 Å². The summed E-state index contributed by atoms with van der Waals surface area (Å²) in [7, 11) is 0. The minimum Gasteiger partial charge on any atom is -0.483 e. The fraction of sp³-hybridized carbons (Fsp3) is 0.333. The lowest BCUT2D eigenvalue weighted by Gasteiger charge is -2.04. The van der Waals surface area contributed by atoms with Crippen molar-refractivity contribution in [3.05, 3.63) is 18.2 Å². The van der Waals surface area contributed by atoms with E-state index >= 15 is 0 Å². The molecule has 0 spiro atoms. The van der Waals surface area contributed by atoms with Crippen LogP contribution in [0.4, 0.5) is 0 Å². The fourth-order valence-electron chi connectivity index (χ4n) is 1.09. The van der Waals surface area contributed by atoms with Crippen molar-refractivity contribution in [3.8, 4) is 17.2 Å². The average Bonchev–Trinajstić information content (AvgIpc) is 2.61. The molecule has 3 nitrogen and oxygen atoms in total. The second kappa shape index (κ2) is 3.79. The molecule has 13 heavy (non-hydrogen) atoms. The Morgan fingerprint density at radius 1 is 1.38 bits per heavy atom. The van der Waals surface area contributed by atoms with Crippen LogP contribution in [0.1, 0.15) is 0 Å². The van der Waals surface area contributed by atoms with Gasteiger partial charge in [-0.05, 0) is 18.4 Å². The van der Waals surface area contributed by atoms with E-state index in [4.69, 9.17) is 14.2 Å². The van der Waals surface area contributed by atoms with Crippen molar-refractivity contribution in [2.75, 3.05) is 19.0 Å². The van der Waals surface area contributed by atoms with Crippen LogP contribution in [-0.4, -0.2) is 19.0 Å². The Morgan fingerprint density at radius 2 is 2.23 bits per heavy atom. The number of hydrogen-bond acceptors (Lipinski definition) is 4. The van der Waals surface area contributed by atoms with Gasteiger partial charge in [-0.2, -0.15) is 0 Å². The Bertz CT molecular complexity index is 301. The third kappa shape index (κ3) is 1.83. The first kappa shape index (κ1) is 8.56. The lowest BCUT2D eigenvalue weighted by molar-refractivity contribution is 0.174. The van der Waals surface area contributed by atoms with Gasteiger partial charge in [0, 0.05) is 6.07 Å². The van der Waals surface area contributed by atoms with Crippen molar-refractivity contribution in [3.63, 3.8) is 0 Å². The standard InChI is InChI=1S/C9H10O3S/c1-13-6-12-7-2-3-8-9(4-7)11-5-10-8/h2-4H,5-6H2,1H3. The molecule has 0 aromatic heterocycles. The summed E-state index contributed by atoms with van der Waals surface area (Å²) in [6.45, 7) is 0.307. The van der Waals surface area contributed by atoms with Crippen LogP contribution in [0.15, 0.2) is 18.2 Å². The fourth-order valence-corrected chi connectivity index (χ4v) is 1.35. The molecule has 1 aromatic carbocycles. The minimum absolute atomic E-state index is 0.307. The Kier molecular flexibility index (Phi) is 2.49. The predicted octanol–water partition coefficient (Wildman–Crippen LogP) is 2.11. The molecular formula is C9H10O3S. The molecular weight excluding hydrogens is 188 g/mol. The normalized spacial score (nSPS) is 13.0. The van der Waals surface area contributed by atoms with Crippen LogP contribution < -0.4 is 14.2 Å². The molecule has 0 amide bonds. The first-order chi connectivity index (χ1) is 6.40. The van der Waals surface area contributed by atoms with Gasteiger partial charge in [-0.15, -0.1) is 11.8 Å². The molecule has 70 valence electrons. The van der Waals surface area contributed by atoms with Crippen LogP contribution in [0.5, 0.6) is 17.2 Å². The third-order valence-electron chi connectivity index (χ3n) is 1.69. The third-order valence-corrected chi connectivity index (χ3v) is 2.04. The minimum atomic E-state index is 0.307. The summed E-state index contributed by atoms with van der Waals surface area (Å²) in [5.74, 6) is 3.02. The highest BCUT2D eigenvalue weighted by Gasteiger charge is 2.13. The van der Waals surface area contributed by atoms with E-state index in [2.05, 4.69) is 0 Å². The molecule has 2 rings (SSSR count). The molecule has 1 aliphatic heterocycles. The number of hydrogen-bond donors (Lipinski definition) is 0. The summed E-state index contributed by atoms with van der Waals surface area (Å²) in [4.78, 5) is 0. The van der Waals surface area contributed by atoms with Crippen molar-refractivity contribution in [2.24, 2.45) is 0 Å². The molecule has 0 atom stereocenters. The largest absolute Gasteiger partial charge is 0.483 e. The molecule has 4 heteroatoms. The number of rotatable bonds is 3. The summed E-state index contributed by atoms with van der Waals surface area (Å²) in [5.41, 5.74) is 0. The summed E-state index contributed by atoms with van der Waals surface area (Å²) in [5, 5.41) is 0. The van der Waals surface area contributed by atoms with Crippen LogP contribution >= 0.6 is 11.8 Å². The summed E-state index contributed by atoms with van der Waals surface area (Å²) < 4.78 is 15.8. The van der Waals surface area contributed by atoms with Crippen LogP contribution in [0.2, 0.25) is 0 Å². The van der Waals surface area contributed by atoms with Crippen molar-refractivity contribution in [1.82, 2.24) is 0 Å². The van der Waals surface area contributed by atoms with E-state index in [1.54, 1.807) is 11.8 Å². The van der Waals surface area contributed by atoms with Gasteiger partial charge in [-0.3, -0.25) is 0 Å². The van der Waals surface area contributed by atoms with E-state index in [0.29, 0.717) is 12.7 Å². The number of fused-ring (bicyclic) bond motifs is 1. The van der Waals surface area contributed by atoms with Crippen molar-refractivity contribution >= 4 is 11.8 Å². The maximum absolute atomic E-state index is 5.41. The van der Waals surface area contributed by atoms with Crippen LogP contribution in [0, 0.1) is 0 Å². The molecule has 0 saturated carbocycles. The van der Waals surface area contributed by atoms with Gasteiger partial charge in [0.05, 0.1) is 0 Å². The molecule has 1 heterocycles. The maximum Gasteiger partial charge on any atom is 0.231 e. The Balaban J connectivity index is 2.12. The Hall–Kier alpha value is -1.03. The molecule has 1 aromatic rings. The first-order valence-corrected chi connectivity index (χ1v) is 5.31. The topological polar surface area (TPSA) is 27.7 Å². The molecule has 1 aliphatic rings. The molecule has 0 N–H and O–H groups in total. The van der Waals surface area contributed by atoms with E-state index in [9.17, 15) is 0 Å². The average molecular weight is 198 g/mol. The second-order valence-electron chi connectivity index (χ2n) is 2.57. The zero-order valence-corrected chi connectivity index (χ0v) is 8.10. The van der Waals surface area contributed by atoms with Gasteiger partial charge < -0.3 is 14.2 Å². The summed E-state index contributed by atoms with van der Waals surface area (Å²) in [6.07, 6.45) is 1.99. The number of ether oxygens (including phenoxy) is 3. The van der Waals surface area contributed by atoms with Gasteiger partial charge in [0.15, 0.2) is 11.5 Å². The van der Waals surface area contributed by atoms with Gasteiger partial charge in [-0.25, -0.2) is 0 Å². The van der Waals surface area contributed by atoms with Crippen LogP contribution in [0.25, 0.3) is 0 Å². The number of benzene rings is 1. The highest BCUT2D eigenvalue weighted by molar-refractivity contribution is 7.98. The van der Waals surface area contributed by atoms with Gasteiger partial charge in [0.2, 0.25) is 6.79 Å². The molecule has 0 unspecified atom stereocenters. The van der Waals surface area contributed by atoms with Gasteiger partial charge >= 0.3 is 0 Å². The van der Waals surface area contributed by atoms with Gasteiger partial charge in [-0.1, -0.05) is 0 Å².